The molecule has 196 valence electrons. The minimum Gasteiger partial charge on any atom is -0.476 e. The molecule has 2 amide bonds. The van der Waals surface area contributed by atoms with Gasteiger partial charge in [-0.1, -0.05) is 6.07 Å². The van der Waals surface area contributed by atoms with Gasteiger partial charge >= 0.3 is 12.5 Å². The van der Waals surface area contributed by atoms with E-state index in [2.05, 4.69) is 10.1 Å². The summed E-state index contributed by atoms with van der Waals surface area (Å²) in [5.74, 6) is -5.84. The number of hydrogen-bond donors (Lipinski definition) is 1. The molecule has 0 bridgehead atoms. The average molecular weight is 526 g/mol. The van der Waals surface area contributed by atoms with Gasteiger partial charge in [0.15, 0.2) is 29.2 Å². The molecule has 14 heteroatoms. The molecule has 0 aliphatic carbocycles. The van der Waals surface area contributed by atoms with E-state index < -0.39 is 72.1 Å². The molecule has 3 rings (SSSR count). The lowest BCUT2D eigenvalue weighted by atomic mass is 10.1. The smallest absolute Gasteiger partial charge is 0.476 e. The number of ether oxygens (including phenoxy) is 2. The molecule has 1 N–H and O–H groups in total. The van der Waals surface area contributed by atoms with Crippen molar-refractivity contribution >= 4 is 23.2 Å². The third kappa shape index (κ3) is 6.34. The van der Waals surface area contributed by atoms with Gasteiger partial charge in [0.1, 0.15) is 0 Å². The molecule has 0 fully saturated rings. The summed E-state index contributed by atoms with van der Waals surface area (Å²) < 4.78 is 112. The molecule has 6 nitrogen and oxygen atoms in total. The highest BCUT2D eigenvalue weighted by molar-refractivity contribution is 6.01. The molecule has 1 unspecified atom stereocenters. The van der Waals surface area contributed by atoms with Gasteiger partial charge in [0, 0.05) is 6.42 Å². The van der Waals surface area contributed by atoms with E-state index in [1.54, 1.807) is 0 Å². The predicted molar refractivity (Wildman–Crippen MR) is 109 cm³/mol. The van der Waals surface area contributed by atoms with Gasteiger partial charge in [0.05, 0.1) is 24.3 Å². The van der Waals surface area contributed by atoms with Crippen molar-refractivity contribution in [2.45, 2.75) is 51.9 Å². The van der Waals surface area contributed by atoms with Gasteiger partial charge < -0.3 is 19.7 Å². The summed E-state index contributed by atoms with van der Waals surface area (Å²) >= 11 is 0. The first-order valence-electron chi connectivity index (χ1n) is 10.3. The Hall–Kier alpha value is -3.58. The molecule has 36 heavy (non-hydrogen) atoms. The number of amides is 2. The van der Waals surface area contributed by atoms with E-state index in [1.807, 2.05) is 0 Å². The van der Waals surface area contributed by atoms with Crippen LogP contribution in [-0.4, -0.2) is 30.5 Å². The minimum absolute atomic E-state index is 0.0398. The van der Waals surface area contributed by atoms with Crippen LogP contribution in [0.25, 0.3) is 0 Å². The van der Waals surface area contributed by atoms with E-state index in [0.717, 1.165) is 17.0 Å². The van der Waals surface area contributed by atoms with E-state index in [9.17, 15) is 40.3 Å². The van der Waals surface area contributed by atoms with Gasteiger partial charge in [-0.05, 0) is 43.2 Å². The summed E-state index contributed by atoms with van der Waals surface area (Å²) in [6.07, 6.45) is -13.3. The molecule has 0 radical (unpaired) electrons. The van der Waals surface area contributed by atoms with Crippen molar-refractivity contribution in [2.24, 2.45) is 0 Å². The van der Waals surface area contributed by atoms with E-state index in [4.69, 9.17) is 4.74 Å². The number of nitrogens with zero attached hydrogens (tertiary/aromatic N) is 1. The number of fused-ring (bicyclic) bond motifs is 1. The largest absolute Gasteiger partial charge is 0.573 e. The highest BCUT2D eigenvalue weighted by Crippen LogP contribution is 2.42. The third-order valence-electron chi connectivity index (χ3n) is 5.06. The van der Waals surface area contributed by atoms with Crippen molar-refractivity contribution < 1.29 is 54.2 Å². The zero-order valence-electron chi connectivity index (χ0n) is 18.6. The molecule has 2 aromatic carbocycles. The molecule has 1 atom stereocenters. The summed E-state index contributed by atoms with van der Waals surface area (Å²) in [4.78, 5) is 25.6. The SMILES string of the molecule is Cc1cc2c(c(F)c1NC(=O)CCC(F)(F)F)OC(C)C(=O)N2Cc1ccc(OC(F)(F)F)c(F)c1. The van der Waals surface area contributed by atoms with Crippen molar-refractivity contribution in [2.75, 3.05) is 10.2 Å². The number of aryl methyl sites for hydroxylation is 1. The molecule has 0 saturated heterocycles. The van der Waals surface area contributed by atoms with Crippen LogP contribution < -0.4 is 19.7 Å². The van der Waals surface area contributed by atoms with Gasteiger partial charge in [-0.3, -0.25) is 9.59 Å². The predicted octanol–water partition coefficient (Wildman–Crippen LogP) is 5.77. The van der Waals surface area contributed by atoms with Crippen LogP contribution in [0.15, 0.2) is 24.3 Å². The lowest BCUT2D eigenvalue weighted by Crippen LogP contribution is -2.44. The quantitative estimate of drug-likeness (QED) is 0.486. The van der Waals surface area contributed by atoms with Gasteiger partial charge in [-0.25, -0.2) is 8.78 Å². The fraction of sp³-hybridized carbons (Fsp3) is 0.364. The Morgan fingerprint density at radius 1 is 1.14 bits per heavy atom. The van der Waals surface area contributed by atoms with Crippen molar-refractivity contribution in [3.8, 4) is 11.5 Å². The summed E-state index contributed by atoms with van der Waals surface area (Å²) in [6, 6.07) is 3.75. The molecule has 0 saturated carbocycles. The second-order valence-electron chi connectivity index (χ2n) is 7.89. The van der Waals surface area contributed by atoms with Gasteiger partial charge in [-0.15, -0.1) is 13.2 Å². The number of nitrogens with one attached hydrogen (secondary N) is 1. The number of halogens is 8. The van der Waals surface area contributed by atoms with Crippen molar-refractivity contribution in [1.29, 1.82) is 0 Å². The first kappa shape index (κ1) is 27.0. The molecule has 1 aliphatic heterocycles. The van der Waals surface area contributed by atoms with Crippen LogP contribution in [0.3, 0.4) is 0 Å². The lowest BCUT2D eigenvalue weighted by Gasteiger charge is -2.34. The fourth-order valence-electron chi connectivity index (χ4n) is 3.43. The maximum Gasteiger partial charge on any atom is 0.573 e. The molecule has 1 heterocycles. The number of rotatable bonds is 6. The van der Waals surface area contributed by atoms with Crippen LogP contribution in [0.5, 0.6) is 11.5 Å². The molecule has 1 aliphatic rings. The Morgan fingerprint density at radius 3 is 2.39 bits per heavy atom. The molecule has 0 spiro atoms. The summed E-state index contributed by atoms with van der Waals surface area (Å²) in [7, 11) is 0. The van der Waals surface area contributed by atoms with Crippen LogP contribution in [0.1, 0.15) is 30.9 Å². The van der Waals surface area contributed by atoms with Gasteiger partial charge in [0.2, 0.25) is 5.91 Å². The molecule has 2 aromatic rings. The maximum atomic E-state index is 15.3. The van der Waals surface area contributed by atoms with E-state index in [1.165, 1.54) is 19.9 Å². The fourth-order valence-corrected chi connectivity index (χ4v) is 3.43. The number of anilines is 2. The normalized spacial score (nSPS) is 15.9. The Labute approximate surface area is 198 Å². The number of carbonyl (C=O) groups excluding carboxylic acids is 2. The first-order valence-corrected chi connectivity index (χ1v) is 10.3. The summed E-state index contributed by atoms with van der Waals surface area (Å²) in [5, 5.41) is 2.07. The Balaban J connectivity index is 1.90. The Morgan fingerprint density at radius 2 is 1.81 bits per heavy atom. The lowest BCUT2D eigenvalue weighted by molar-refractivity contribution is -0.275. The minimum atomic E-state index is -5.12. The van der Waals surface area contributed by atoms with Crippen LogP contribution in [0.4, 0.5) is 46.5 Å². The standard InChI is InChI=1S/C22H18F8N2O4/c1-10-7-14-19(17(24)18(10)31-16(33)5-6-21(25,26)27)35-11(2)20(34)32(14)9-12-3-4-15(13(23)8-12)36-22(28,29)30/h3-4,7-8,11H,5-6,9H2,1-2H3,(H,31,33). The topological polar surface area (TPSA) is 67.9 Å². The van der Waals surface area contributed by atoms with E-state index in [-0.39, 0.29) is 23.4 Å². The van der Waals surface area contributed by atoms with Crippen molar-refractivity contribution in [3.05, 3.63) is 47.0 Å². The molecular weight excluding hydrogens is 508 g/mol. The van der Waals surface area contributed by atoms with Crippen molar-refractivity contribution in [1.82, 2.24) is 0 Å². The number of carbonyl (C=O) groups is 2. The van der Waals surface area contributed by atoms with Crippen LogP contribution in [0, 0.1) is 18.6 Å². The van der Waals surface area contributed by atoms with E-state index in [0.29, 0.717) is 6.07 Å². The highest BCUT2D eigenvalue weighted by atomic mass is 19.4. The second kappa shape index (κ2) is 9.82. The van der Waals surface area contributed by atoms with Gasteiger partial charge in [0.25, 0.3) is 5.91 Å². The van der Waals surface area contributed by atoms with E-state index >= 15 is 4.39 Å². The second-order valence-corrected chi connectivity index (χ2v) is 7.89. The monoisotopic (exact) mass is 526 g/mol. The average Bonchev–Trinajstić information content (AvgIpc) is 2.74. The van der Waals surface area contributed by atoms with Crippen LogP contribution in [-0.2, 0) is 16.1 Å². The molecular formula is C22H18F8N2O4. The zero-order chi connectivity index (χ0) is 27.0. The van der Waals surface area contributed by atoms with Crippen LogP contribution in [0.2, 0.25) is 0 Å². The van der Waals surface area contributed by atoms with Crippen molar-refractivity contribution in [3.63, 3.8) is 0 Å². The first-order chi connectivity index (χ1) is 16.6. The summed E-state index contributed by atoms with van der Waals surface area (Å²) in [6.45, 7) is 2.21. The van der Waals surface area contributed by atoms with Gasteiger partial charge in [-0.2, -0.15) is 13.2 Å². The number of hydrogen-bond acceptors (Lipinski definition) is 4. The maximum absolute atomic E-state index is 15.3. The Bertz CT molecular complexity index is 1180. The third-order valence-corrected chi connectivity index (χ3v) is 5.06. The highest BCUT2D eigenvalue weighted by Gasteiger charge is 2.36. The number of alkyl halides is 6. The van der Waals surface area contributed by atoms with Crippen LogP contribution >= 0.6 is 0 Å². The molecule has 0 aromatic heterocycles. The summed E-state index contributed by atoms with van der Waals surface area (Å²) in [5.41, 5.74) is -0.486. The Kier molecular flexibility index (Phi) is 7.37. The zero-order valence-corrected chi connectivity index (χ0v) is 18.6. The number of benzene rings is 2.